The van der Waals surface area contributed by atoms with Crippen LogP contribution in [-0.2, 0) is 19.6 Å². The Hall–Kier alpha value is -1.32. The second-order valence-corrected chi connectivity index (χ2v) is 5.81. The van der Waals surface area contributed by atoms with Crippen molar-refractivity contribution in [1.29, 1.82) is 0 Å². The summed E-state index contributed by atoms with van der Waals surface area (Å²) in [6, 6.07) is 8.96. The van der Waals surface area contributed by atoms with Gasteiger partial charge in [-0.3, -0.25) is 4.90 Å². The molecule has 1 aromatic carbocycles. The van der Waals surface area contributed by atoms with E-state index < -0.39 is 0 Å². The van der Waals surface area contributed by atoms with E-state index in [0.717, 1.165) is 13.1 Å². The molecule has 20 heavy (non-hydrogen) atoms. The van der Waals surface area contributed by atoms with Crippen molar-refractivity contribution in [2.24, 2.45) is 5.73 Å². The third kappa shape index (κ3) is 2.60. The zero-order valence-corrected chi connectivity index (χ0v) is 12.4. The molecule has 2 aromatic rings. The molecule has 1 aromatic heterocycles. The maximum atomic E-state index is 5.77. The van der Waals surface area contributed by atoms with E-state index in [4.69, 9.17) is 5.73 Å². The van der Waals surface area contributed by atoms with Crippen molar-refractivity contribution < 1.29 is 0 Å². The molecule has 1 aliphatic rings. The van der Waals surface area contributed by atoms with Gasteiger partial charge in [-0.25, -0.2) is 0 Å². The fraction of sp³-hybridized carbons (Fsp3) is 0.529. The number of benzene rings is 1. The van der Waals surface area contributed by atoms with Crippen molar-refractivity contribution in [2.45, 2.75) is 45.8 Å². The number of hydrogen-bond donors (Lipinski definition) is 1. The fourth-order valence-corrected chi connectivity index (χ4v) is 3.34. The Morgan fingerprint density at radius 1 is 1.10 bits per heavy atom. The zero-order valence-electron chi connectivity index (χ0n) is 12.4. The van der Waals surface area contributed by atoms with Crippen LogP contribution in [0.4, 0.5) is 0 Å². The Morgan fingerprint density at radius 3 is 2.60 bits per heavy atom. The molecule has 1 fully saturated rings. The molecule has 0 spiro atoms. The lowest BCUT2D eigenvalue weighted by Gasteiger charge is -2.26. The average Bonchev–Trinajstić information content (AvgIpc) is 2.84. The molecular formula is C17H25N3. The number of nitrogens with zero attached hydrogens (tertiary/aromatic N) is 2. The van der Waals surface area contributed by atoms with Crippen LogP contribution in [-0.4, -0.2) is 22.6 Å². The maximum Gasteiger partial charge on any atom is 0.0486 e. The zero-order chi connectivity index (χ0) is 13.9. The molecule has 1 saturated heterocycles. The van der Waals surface area contributed by atoms with Gasteiger partial charge in [-0.2, -0.15) is 0 Å². The third-order valence-corrected chi connectivity index (χ3v) is 4.44. The number of likely N-dealkylation sites (tertiary alicyclic amines) is 1. The monoisotopic (exact) mass is 271 g/mol. The van der Waals surface area contributed by atoms with Crippen molar-refractivity contribution in [3.8, 4) is 0 Å². The minimum absolute atomic E-state index is 0.617. The predicted molar refractivity (Wildman–Crippen MR) is 84.6 cm³/mol. The van der Waals surface area contributed by atoms with E-state index >= 15 is 0 Å². The summed E-state index contributed by atoms with van der Waals surface area (Å²) in [5.74, 6) is 0. The van der Waals surface area contributed by atoms with Gasteiger partial charge in [-0.15, -0.1) is 0 Å². The van der Waals surface area contributed by atoms with E-state index in [9.17, 15) is 0 Å². The SMILES string of the molecule is CCn1c(CN2CCCCC2)cc2ccc(CN)cc21. The minimum Gasteiger partial charge on any atom is -0.344 e. The quantitative estimate of drug-likeness (QED) is 0.927. The molecule has 0 atom stereocenters. The molecule has 3 nitrogen and oxygen atoms in total. The van der Waals surface area contributed by atoms with Crippen LogP contribution in [0.15, 0.2) is 24.3 Å². The molecule has 0 aliphatic carbocycles. The molecule has 0 bridgehead atoms. The molecule has 0 amide bonds. The van der Waals surface area contributed by atoms with Crippen LogP contribution in [0.2, 0.25) is 0 Å². The number of hydrogen-bond acceptors (Lipinski definition) is 2. The highest BCUT2D eigenvalue weighted by Gasteiger charge is 2.14. The average molecular weight is 271 g/mol. The van der Waals surface area contributed by atoms with Crippen LogP contribution in [0.3, 0.4) is 0 Å². The lowest BCUT2D eigenvalue weighted by atomic mass is 10.1. The van der Waals surface area contributed by atoms with Crippen molar-refractivity contribution in [3.05, 3.63) is 35.5 Å². The smallest absolute Gasteiger partial charge is 0.0486 e. The van der Waals surface area contributed by atoms with Crippen molar-refractivity contribution in [1.82, 2.24) is 9.47 Å². The predicted octanol–water partition coefficient (Wildman–Crippen LogP) is 3.11. The Bertz CT molecular complexity index is 579. The lowest BCUT2D eigenvalue weighted by Crippen LogP contribution is -2.29. The third-order valence-electron chi connectivity index (χ3n) is 4.44. The highest BCUT2D eigenvalue weighted by molar-refractivity contribution is 5.82. The van der Waals surface area contributed by atoms with E-state index in [-0.39, 0.29) is 0 Å². The topological polar surface area (TPSA) is 34.2 Å². The first-order chi connectivity index (χ1) is 9.81. The van der Waals surface area contributed by atoms with Gasteiger partial charge in [0.25, 0.3) is 0 Å². The molecule has 3 heteroatoms. The van der Waals surface area contributed by atoms with Crippen molar-refractivity contribution in [3.63, 3.8) is 0 Å². The summed E-state index contributed by atoms with van der Waals surface area (Å²) < 4.78 is 2.45. The van der Waals surface area contributed by atoms with Gasteiger partial charge in [0, 0.05) is 30.8 Å². The minimum atomic E-state index is 0.617. The highest BCUT2D eigenvalue weighted by atomic mass is 15.1. The van der Waals surface area contributed by atoms with Crippen LogP contribution in [0.1, 0.15) is 37.4 Å². The van der Waals surface area contributed by atoms with Crippen molar-refractivity contribution >= 4 is 10.9 Å². The van der Waals surface area contributed by atoms with E-state index in [1.807, 2.05) is 0 Å². The van der Waals surface area contributed by atoms with Crippen LogP contribution in [0.5, 0.6) is 0 Å². The Kier molecular flexibility index (Phi) is 4.08. The molecule has 3 rings (SSSR count). The van der Waals surface area contributed by atoms with Gasteiger partial charge >= 0.3 is 0 Å². The molecule has 2 N–H and O–H groups in total. The summed E-state index contributed by atoms with van der Waals surface area (Å²) in [6.07, 6.45) is 4.10. The fourth-order valence-electron chi connectivity index (χ4n) is 3.34. The van der Waals surface area contributed by atoms with Gasteiger partial charge < -0.3 is 10.3 Å². The standard InChI is InChI=1S/C17H25N3/c1-2-20-16(13-19-8-4-3-5-9-19)11-15-7-6-14(12-18)10-17(15)20/h6-7,10-11H,2-5,8-9,12-13,18H2,1H3. The van der Waals surface area contributed by atoms with Crippen LogP contribution in [0, 0.1) is 0 Å². The van der Waals surface area contributed by atoms with Crippen molar-refractivity contribution in [2.75, 3.05) is 13.1 Å². The van der Waals surface area contributed by atoms with Crippen LogP contribution >= 0.6 is 0 Å². The number of nitrogens with two attached hydrogens (primary N) is 1. The van der Waals surface area contributed by atoms with E-state index in [2.05, 4.69) is 40.7 Å². The molecule has 2 heterocycles. The summed E-state index contributed by atoms with van der Waals surface area (Å²) in [5.41, 5.74) is 9.77. The molecule has 0 unspecified atom stereocenters. The summed E-state index contributed by atoms with van der Waals surface area (Å²) in [5, 5.41) is 1.34. The van der Waals surface area contributed by atoms with Gasteiger partial charge in [-0.1, -0.05) is 18.6 Å². The van der Waals surface area contributed by atoms with E-state index in [0.29, 0.717) is 6.54 Å². The molecule has 108 valence electrons. The van der Waals surface area contributed by atoms with Gasteiger partial charge in [0.2, 0.25) is 0 Å². The normalized spacial score (nSPS) is 16.9. The van der Waals surface area contributed by atoms with E-state index in [1.54, 1.807) is 0 Å². The van der Waals surface area contributed by atoms with Crippen LogP contribution in [0.25, 0.3) is 10.9 Å². The Morgan fingerprint density at radius 2 is 1.90 bits per heavy atom. The summed E-state index contributed by atoms with van der Waals surface area (Å²) in [6.45, 7) is 7.46. The van der Waals surface area contributed by atoms with E-state index in [1.165, 1.54) is 54.5 Å². The number of aromatic nitrogens is 1. The summed E-state index contributed by atoms with van der Waals surface area (Å²) in [7, 11) is 0. The lowest BCUT2D eigenvalue weighted by molar-refractivity contribution is 0.216. The second-order valence-electron chi connectivity index (χ2n) is 5.81. The number of rotatable bonds is 4. The van der Waals surface area contributed by atoms with Gasteiger partial charge in [-0.05, 0) is 55.9 Å². The number of fused-ring (bicyclic) bond motifs is 1. The van der Waals surface area contributed by atoms with Gasteiger partial charge in [0.15, 0.2) is 0 Å². The van der Waals surface area contributed by atoms with Gasteiger partial charge in [0.05, 0.1) is 0 Å². The molecular weight excluding hydrogens is 246 g/mol. The summed E-state index contributed by atoms with van der Waals surface area (Å²) in [4.78, 5) is 2.59. The molecule has 0 radical (unpaired) electrons. The number of aryl methyl sites for hydroxylation is 1. The summed E-state index contributed by atoms with van der Waals surface area (Å²) >= 11 is 0. The molecule has 0 saturated carbocycles. The first-order valence-corrected chi connectivity index (χ1v) is 7.85. The largest absolute Gasteiger partial charge is 0.344 e. The molecule has 1 aliphatic heterocycles. The first kappa shape index (κ1) is 13.7. The first-order valence-electron chi connectivity index (χ1n) is 7.85. The Balaban J connectivity index is 1.93. The number of piperidine rings is 1. The van der Waals surface area contributed by atoms with Crippen LogP contribution < -0.4 is 5.73 Å². The van der Waals surface area contributed by atoms with Gasteiger partial charge in [0.1, 0.15) is 0 Å². The Labute approximate surface area is 121 Å². The highest BCUT2D eigenvalue weighted by Crippen LogP contribution is 2.23. The second kappa shape index (κ2) is 5.98. The maximum absolute atomic E-state index is 5.77.